The summed E-state index contributed by atoms with van der Waals surface area (Å²) in [7, 11) is 0. The lowest BCUT2D eigenvalue weighted by atomic mass is 10.1. The molecule has 103 heavy (non-hydrogen) atoms. The maximum Gasteiger partial charge on any atom is 0.408 e. The minimum absolute atomic E-state index is 0. The van der Waals surface area contributed by atoms with E-state index in [1.165, 1.54) is 17.4 Å². The molecular weight excluding hydrogens is 1970 g/mol. The van der Waals surface area contributed by atoms with Crippen LogP contribution < -0.4 is 22.1 Å². The van der Waals surface area contributed by atoms with Crippen molar-refractivity contribution in [3.8, 4) is 11.3 Å². The van der Waals surface area contributed by atoms with Gasteiger partial charge in [-0.1, -0.05) is 215 Å². The van der Waals surface area contributed by atoms with Gasteiger partial charge in [-0.3, -0.25) is 24.0 Å². The second kappa shape index (κ2) is 64.9. The number of ketones is 3. The number of aromatic amines is 1. The zero-order valence-corrected chi connectivity index (χ0v) is 65.1. The van der Waals surface area contributed by atoms with Crippen LogP contribution in [0.1, 0.15) is 154 Å². The first-order valence-corrected chi connectivity index (χ1v) is 36.8. The van der Waals surface area contributed by atoms with E-state index in [0.29, 0.717) is 16.7 Å². The van der Waals surface area contributed by atoms with Gasteiger partial charge in [-0.25, -0.2) is 24.2 Å². The van der Waals surface area contributed by atoms with Crippen LogP contribution in [-0.2, 0) is 53.2 Å². The van der Waals surface area contributed by atoms with Crippen LogP contribution in [-0.4, -0.2) is 97.7 Å². The smallest absolute Gasteiger partial charge is 0.408 e. The standard InChI is InChI=1S/C19H18IN3O2.C19H18INO5.C11H13NO4.C8H6BrIO.C8H7IO.C2H4O2.8CH4.Br2.H3N/c1-13(22-19(24)25-12-14-5-3-2-4-6-14)18-21-11-17(23-18)15-7-9-16(20)10-8-15;1-13(21-19(24)26-11-14-5-3-2-4-6-14)18(23)25-12-17(22)15-7-9-16(20)10-8-15;1-8(10(13)14)12-11(15)16-7-9-5-3-2-4-6-9;9-5-8(11)6-1-3-7(10)4-2-6;1-6(10)7-2-4-8(9)5-3-7;1-2(3)4;;;;;;;;;1-2;/h2-11,13H,12H2,1H3,(H,21,23)(H,22,24);2-10,13H,11-12H2,1H3,(H,21,24);2-6,8H,7H2,1H3,(H,12,15)(H,13,14);1-4H,5H2;2-5H,1H3;1H3,(H,3,4);8*1H4;;1H3/t2*13-;8-;;;;;;;;;;;;;/m000............./s1. The highest BCUT2D eigenvalue weighted by Gasteiger charge is 2.20. The number of alkyl halides is 1. The molecule has 0 unspecified atom stereocenters. The number of hydrogen-bond acceptors (Lipinski definition) is 15. The lowest BCUT2D eigenvalue weighted by Crippen LogP contribution is -2.40. The van der Waals surface area contributed by atoms with E-state index >= 15 is 0 Å². The Balaban J connectivity index is -0.000000182. The van der Waals surface area contributed by atoms with Gasteiger partial charge in [0.1, 0.15) is 37.7 Å². The number of H-pyrrole nitrogens is 1. The molecule has 0 radical (unpaired) electrons. The molecule has 570 valence electrons. The number of esters is 1. The molecule has 1 heterocycles. The van der Waals surface area contributed by atoms with Gasteiger partial charge in [-0.2, -0.15) is 0 Å². The second-order valence-corrected chi connectivity index (χ2v) is 24.5. The third-order valence-electron chi connectivity index (χ3n) is 11.6. The first-order valence-electron chi connectivity index (χ1n) is 27.7. The number of carboxylic acid groups (broad SMARTS) is 2. The van der Waals surface area contributed by atoms with Crippen LogP contribution in [0.5, 0.6) is 0 Å². The highest BCUT2D eigenvalue weighted by Crippen LogP contribution is 2.21. The molecular formula is C75H101Br3I4N6O15. The van der Waals surface area contributed by atoms with Gasteiger partial charge in [0.2, 0.25) is 0 Å². The molecule has 0 aliphatic heterocycles. The van der Waals surface area contributed by atoms with Crippen molar-refractivity contribution in [2.24, 2.45) is 0 Å². The van der Waals surface area contributed by atoms with Gasteiger partial charge in [0.05, 0.1) is 23.3 Å². The van der Waals surface area contributed by atoms with Crippen molar-refractivity contribution in [3.63, 3.8) is 0 Å². The quantitative estimate of drug-likeness (QED) is 0.0130. The van der Waals surface area contributed by atoms with Crippen molar-refractivity contribution in [2.75, 3.05) is 11.9 Å². The Bertz CT molecular complexity index is 3610. The molecule has 3 amide bonds. The molecule has 21 nitrogen and oxygen atoms in total. The van der Waals surface area contributed by atoms with Gasteiger partial charge in [0.15, 0.2) is 24.0 Å². The summed E-state index contributed by atoms with van der Waals surface area (Å²) in [5, 5.41) is 23.7. The van der Waals surface area contributed by atoms with Crippen LogP contribution >= 0.6 is 135 Å². The van der Waals surface area contributed by atoms with Crippen LogP contribution in [0.25, 0.3) is 11.3 Å². The monoisotopic (exact) mass is 2070 g/mol. The van der Waals surface area contributed by atoms with Crippen molar-refractivity contribution in [1.29, 1.82) is 0 Å². The fourth-order valence-electron chi connectivity index (χ4n) is 6.72. The number of ether oxygens (including phenoxy) is 4. The van der Waals surface area contributed by atoms with Crippen molar-refractivity contribution < 1.29 is 72.3 Å². The van der Waals surface area contributed by atoms with Crippen LogP contribution in [0.4, 0.5) is 14.4 Å². The number of imidazole rings is 1. The van der Waals surface area contributed by atoms with Gasteiger partial charge in [-0.15, -0.1) is 0 Å². The largest absolute Gasteiger partial charge is 0.481 e. The van der Waals surface area contributed by atoms with Crippen molar-refractivity contribution in [3.05, 3.63) is 248 Å². The Hall–Kier alpha value is -6.70. The fourth-order valence-corrected chi connectivity index (χ4v) is 8.49. The van der Waals surface area contributed by atoms with Crippen molar-refractivity contribution >= 4 is 188 Å². The second-order valence-electron chi connectivity index (χ2n) is 19.0. The van der Waals surface area contributed by atoms with Crippen LogP contribution in [0.2, 0.25) is 0 Å². The van der Waals surface area contributed by atoms with Gasteiger partial charge >= 0.3 is 30.2 Å². The molecule has 0 aliphatic carbocycles. The number of carbonyl (C=O) groups excluding carboxylic acids is 7. The summed E-state index contributed by atoms with van der Waals surface area (Å²) in [6.07, 6.45) is -0.171. The highest BCUT2D eigenvalue weighted by molar-refractivity contribution is 14.1. The lowest BCUT2D eigenvalue weighted by Gasteiger charge is -2.13. The van der Waals surface area contributed by atoms with Crippen molar-refractivity contribution in [2.45, 2.75) is 132 Å². The summed E-state index contributed by atoms with van der Waals surface area (Å²) >= 11 is 17.4. The third-order valence-corrected chi connectivity index (χ3v) is 15.0. The van der Waals surface area contributed by atoms with E-state index in [2.05, 4.69) is 160 Å². The van der Waals surface area contributed by atoms with E-state index in [9.17, 15) is 38.4 Å². The van der Waals surface area contributed by atoms with E-state index in [-0.39, 0.29) is 115 Å². The fraction of sp³-hybridized carbons (Fsp3) is 0.280. The highest BCUT2D eigenvalue weighted by atomic mass is 127. The van der Waals surface area contributed by atoms with E-state index in [4.69, 9.17) is 34.0 Å². The number of nitrogens with one attached hydrogen (secondary N) is 4. The Morgan fingerprint density at radius 1 is 0.456 bits per heavy atom. The zero-order chi connectivity index (χ0) is 70.0. The van der Waals surface area contributed by atoms with Gasteiger partial charge < -0.3 is 56.2 Å². The SMILES string of the molecule is BrBr.C.C.C.C.C.C.C.C.CC(=O)O.CC(=O)c1ccc(I)cc1.C[C@H](NC(=O)OCc1ccccc1)C(=O)O.C[C@H](NC(=O)OCc1ccccc1)C(=O)OCC(=O)c1ccc(I)cc1.C[C@H](NC(=O)OCc1ccccc1)c1ncc(-c2ccc(I)cc2)[nH]1.N.O=C(CBr)c1ccc(I)cc1. The number of benzene rings is 7. The minimum atomic E-state index is -1.10. The molecule has 7 aromatic carbocycles. The number of nitrogens with zero attached hydrogens (tertiary/aromatic N) is 1. The molecule has 0 fully saturated rings. The number of alkyl carbamates (subject to hydrolysis) is 3. The molecule has 8 aromatic rings. The number of Topliss-reactive ketones (excluding diaryl/α,β-unsaturated/α-hetero) is 3. The number of carboxylic acids is 2. The molecule has 3 atom stereocenters. The van der Waals surface area contributed by atoms with E-state index in [0.717, 1.165) is 56.7 Å². The average Bonchev–Trinajstić information content (AvgIpc) is 1.67. The summed E-state index contributed by atoms with van der Waals surface area (Å²) in [6, 6.07) is 55.9. The number of aromatic nitrogens is 2. The predicted octanol–water partition coefficient (Wildman–Crippen LogP) is 21.8. The summed E-state index contributed by atoms with van der Waals surface area (Å²) in [4.78, 5) is 108. The van der Waals surface area contributed by atoms with E-state index in [1.54, 1.807) is 37.4 Å². The number of halogens is 7. The normalized spacial score (nSPS) is 9.75. The maximum atomic E-state index is 12.0. The molecule has 9 N–H and O–H groups in total. The van der Waals surface area contributed by atoms with Crippen LogP contribution in [0.3, 0.4) is 0 Å². The number of aliphatic carboxylic acids is 2. The Labute approximate surface area is 688 Å². The molecule has 0 saturated heterocycles. The molecule has 28 heteroatoms. The molecule has 0 spiro atoms. The molecule has 8 rings (SSSR count). The van der Waals surface area contributed by atoms with E-state index in [1.807, 2.05) is 171 Å². The average molecular weight is 2070 g/mol. The Kier molecular flexibility index (Phi) is 70.6. The van der Waals surface area contributed by atoms with E-state index < -0.39 is 48.3 Å². The number of amides is 3. The number of rotatable bonds is 19. The number of hydrogen-bond donors (Lipinski definition) is 7. The molecule has 1 aromatic heterocycles. The van der Waals surface area contributed by atoms with Crippen molar-refractivity contribution in [1.82, 2.24) is 32.1 Å². The first kappa shape index (κ1) is 112. The minimum Gasteiger partial charge on any atom is -0.481 e. The Morgan fingerprint density at radius 3 is 1.10 bits per heavy atom. The van der Waals surface area contributed by atoms with Crippen LogP contribution in [0.15, 0.2) is 194 Å². The van der Waals surface area contributed by atoms with Gasteiger partial charge in [-0.05, 0) is 189 Å². The summed E-state index contributed by atoms with van der Waals surface area (Å²) < 4.78 is 24.5. The maximum absolute atomic E-state index is 12.0. The van der Waals surface area contributed by atoms with Gasteiger partial charge in [0, 0.05) is 66.2 Å². The van der Waals surface area contributed by atoms with Crippen LogP contribution in [0, 0.1) is 14.3 Å². The summed E-state index contributed by atoms with van der Waals surface area (Å²) in [5.74, 6) is -2.02. The molecule has 0 aliphatic rings. The van der Waals surface area contributed by atoms with Gasteiger partial charge in [0.25, 0.3) is 5.97 Å². The lowest BCUT2D eigenvalue weighted by molar-refractivity contribution is -0.144. The number of carbonyl (C=O) groups is 9. The predicted molar refractivity (Wildman–Crippen MR) is 462 cm³/mol. The topological polar surface area (TPSA) is 331 Å². The molecule has 0 saturated carbocycles. The third kappa shape index (κ3) is 50.4. The Morgan fingerprint density at radius 2 is 0.767 bits per heavy atom. The first-order chi connectivity index (χ1) is 44.8. The molecule has 0 bridgehead atoms. The summed E-state index contributed by atoms with van der Waals surface area (Å²) in [5.41, 5.74) is 6.60. The summed E-state index contributed by atoms with van der Waals surface area (Å²) in [6.45, 7) is 7.42. The zero-order valence-electron chi connectivity index (χ0n) is 51.7.